The summed E-state index contributed by atoms with van der Waals surface area (Å²) < 4.78 is 20.6. The molecule has 16 nitrogen and oxygen atoms in total. The molecular weight excluding hydrogens is 966 g/mol. The lowest BCUT2D eigenvalue weighted by atomic mass is 9.60. The highest BCUT2D eigenvalue weighted by atomic mass is 19.1. The van der Waals surface area contributed by atoms with Gasteiger partial charge >= 0.3 is 0 Å². The van der Waals surface area contributed by atoms with Gasteiger partial charge in [0.1, 0.15) is 11.9 Å². The van der Waals surface area contributed by atoms with Gasteiger partial charge in [-0.1, -0.05) is 55.7 Å². The van der Waals surface area contributed by atoms with Crippen molar-refractivity contribution in [2.75, 3.05) is 105 Å². The normalized spacial score (nSPS) is 22.5. The van der Waals surface area contributed by atoms with Crippen molar-refractivity contribution >= 4 is 40.3 Å². The smallest absolute Gasteiger partial charge is 0.272 e. The second-order valence-electron chi connectivity index (χ2n) is 23.3. The first-order valence-electron chi connectivity index (χ1n) is 28.3. The third-order valence-electron chi connectivity index (χ3n) is 18.1. The first-order chi connectivity index (χ1) is 37.0. The molecule has 7 aliphatic rings. The van der Waals surface area contributed by atoms with E-state index >= 15 is 4.39 Å². The van der Waals surface area contributed by atoms with Gasteiger partial charge in [0, 0.05) is 107 Å². The van der Waals surface area contributed by atoms with Crippen LogP contribution in [0.25, 0.3) is 10.8 Å². The second-order valence-corrected chi connectivity index (χ2v) is 23.3. The Morgan fingerprint density at radius 3 is 2.18 bits per heavy atom. The maximum Gasteiger partial charge on any atom is 0.272 e. The zero-order valence-electron chi connectivity index (χ0n) is 43.9. The maximum absolute atomic E-state index is 15.1. The van der Waals surface area contributed by atoms with E-state index in [1.165, 1.54) is 6.07 Å². The van der Waals surface area contributed by atoms with E-state index in [4.69, 9.17) is 4.74 Å². The summed E-state index contributed by atoms with van der Waals surface area (Å²) in [6.45, 7) is 10.2. The number of nitrogens with one attached hydrogen (secondary N) is 2. The molecule has 7 fully saturated rings. The number of piperidine rings is 2. The highest BCUT2D eigenvalue weighted by Gasteiger charge is 2.53. The molecule has 5 saturated heterocycles. The van der Waals surface area contributed by atoms with Gasteiger partial charge in [0.05, 0.1) is 36.4 Å². The molecular formula is C59H74FN9O7. The molecule has 11 rings (SSSR count). The van der Waals surface area contributed by atoms with Gasteiger partial charge in [-0.15, -0.1) is 0 Å². The Hall–Kier alpha value is -6.04. The van der Waals surface area contributed by atoms with Gasteiger partial charge in [0.15, 0.2) is 0 Å². The number of H-pyrrole nitrogens is 1. The predicted octanol–water partition coefficient (Wildman–Crippen LogP) is 5.31. The fourth-order valence-electron chi connectivity index (χ4n) is 13.5. The highest BCUT2D eigenvalue weighted by Crippen LogP contribution is 2.51. The van der Waals surface area contributed by atoms with E-state index in [1.54, 1.807) is 29.2 Å². The molecule has 17 heteroatoms. The van der Waals surface area contributed by atoms with Crippen LogP contribution in [0, 0.1) is 29.0 Å². The summed E-state index contributed by atoms with van der Waals surface area (Å²) in [7, 11) is 0. The number of piperazine rings is 2. The molecule has 1 spiro atoms. The van der Waals surface area contributed by atoms with Crippen LogP contribution in [0.5, 0.6) is 0 Å². The number of likely N-dealkylation sites (tertiary alicyclic amines) is 2. The Kier molecular flexibility index (Phi) is 15.7. The lowest BCUT2D eigenvalue weighted by Crippen LogP contribution is -2.57. The average Bonchev–Trinajstić information content (AvgIpc) is 3.48. The molecule has 404 valence electrons. The van der Waals surface area contributed by atoms with Gasteiger partial charge in [0.2, 0.25) is 17.7 Å². The molecule has 1 aromatic heterocycles. The average molecular weight is 1040 g/mol. The minimum Gasteiger partial charge on any atom is -0.380 e. The van der Waals surface area contributed by atoms with E-state index < -0.39 is 17.8 Å². The Morgan fingerprint density at radius 1 is 0.724 bits per heavy atom. The topological polar surface area (TPSA) is 172 Å². The molecule has 5 aliphatic heterocycles. The number of fused-ring (bicyclic) bond motifs is 1. The Labute approximate surface area is 444 Å². The summed E-state index contributed by atoms with van der Waals surface area (Å²) in [6, 6.07) is 19.0. The molecule has 2 saturated carbocycles. The van der Waals surface area contributed by atoms with Crippen molar-refractivity contribution < 1.29 is 33.1 Å². The van der Waals surface area contributed by atoms with Crippen LogP contribution in [0.1, 0.15) is 114 Å². The lowest BCUT2D eigenvalue weighted by Gasteiger charge is -2.53. The number of aromatic nitrogens is 2. The first-order valence-corrected chi connectivity index (χ1v) is 28.3. The SMILES string of the molecule is O=C(NC(C(=O)N1CCN(CC2CCN(CC(=O)N3CCN(C(=O)c4cc(Cc5n[nH]c(=O)c6ccccc56)ccc4F)CC3)CC2)CC1)C1CCCCC1)c1cccc(C2CCCN(C(=O)C3CC4(COC4)C3)C2)c1. The van der Waals surface area contributed by atoms with Crippen LogP contribution in [0.4, 0.5) is 4.39 Å². The van der Waals surface area contributed by atoms with E-state index in [-0.39, 0.29) is 57.9 Å². The molecule has 4 aromatic rings. The first kappa shape index (κ1) is 52.0. The maximum atomic E-state index is 15.1. The molecule has 3 aromatic carbocycles. The number of aromatic amines is 1. The fraction of sp³-hybridized carbons (Fsp3) is 0.576. The summed E-state index contributed by atoms with van der Waals surface area (Å²) in [4.78, 5) is 93.6. The van der Waals surface area contributed by atoms with E-state index in [9.17, 15) is 28.8 Å². The van der Waals surface area contributed by atoms with E-state index in [0.717, 1.165) is 129 Å². The number of benzene rings is 3. The van der Waals surface area contributed by atoms with Crippen molar-refractivity contribution in [3.8, 4) is 0 Å². The van der Waals surface area contributed by atoms with Crippen LogP contribution in [0.2, 0.25) is 0 Å². The number of hydrogen-bond acceptors (Lipinski definition) is 10. The number of hydrogen-bond donors (Lipinski definition) is 2. The number of nitrogens with zero attached hydrogens (tertiary/aromatic N) is 7. The van der Waals surface area contributed by atoms with Crippen LogP contribution >= 0.6 is 0 Å². The van der Waals surface area contributed by atoms with Gasteiger partial charge in [-0.05, 0) is 118 Å². The third-order valence-corrected chi connectivity index (χ3v) is 18.1. The minimum atomic E-state index is -0.605. The van der Waals surface area contributed by atoms with Crippen LogP contribution in [-0.2, 0) is 25.5 Å². The molecule has 2 unspecified atom stereocenters. The van der Waals surface area contributed by atoms with Gasteiger partial charge in [0.25, 0.3) is 17.4 Å². The van der Waals surface area contributed by atoms with Crippen LogP contribution < -0.4 is 10.9 Å². The Bertz CT molecular complexity index is 2840. The standard InChI is InChI=1S/C59H74FN9O7/c60-50-16-15-41(31-51-47-13-4-5-14-48(47)55(72)63-62-51)30-49(50)57(74)67-28-26-66(27-29-67)52(70)37-64-20-17-40(18-21-64)35-65-22-24-68(25-23-65)58(75)53(42-8-2-1-3-9-42)61-54(71)44-11-6-10-43(32-44)45-12-7-19-69(36-45)56(73)46-33-59(34-46)38-76-39-59/h4-6,10-11,13-16,30,32,40,42,45-46,53H,1-3,7-9,12,17-29,31,33-39H2,(H,61,71)(H,63,72). The number of halogens is 1. The molecule has 6 heterocycles. The van der Waals surface area contributed by atoms with Gasteiger partial charge < -0.3 is 29.7 Å². The number of amides is 5. The van der Waals surface area contributed by atoms with Gasteiger partial charge in [-0.25, -0.2) is 9.49 Å². The molecule has 0 radical (unpaired) electrons. The van der Waals surface area contributed by atoms with Crippen molar-refractivity contribution in [1.29, 1.82) is 0 Å². The summed E-state index contributed by atoms with van der Waals surface area (Å²) >= 11 is 0. The van der Waals surface area contributed by atoms with Crippen LogP contribution in [0.15, 0.2) is 71.5 Å². The lowest BCUT2D eigenvalue weighted by molar-refractivity contribution is -0.189. The van der Waals surface area contributed by atoms with Crippen LogP contribution in [-0.4, -0.2) is 180 Å². The quantitative estimate of drug-likeness (QED) is 0.179. The molecule has 2 atom stereocenters. The zero-order chi connectivity index (χ0) is 52.3. The van der Waals surface area contributed by atoms with Crippen molar-refractivity contribution in [2.24, 2.45) is 23.2 Å². The number of rotatable bonds is 13. The van der Waals surface area contributed by atoms with Crippen molar-refractivity contribution in [3.63, 3.8) is 0 Å². The third kappa shape index (κ3) is 11.5. The molecule has 2 aliphatic carbocycles. The summed E-state index contributed by atoms with van der Waals surface area (Å²) in [6.07, 6.45) is 11.2. The van der Waals surface area contributed by atoms with Gasteiger partial charge in [-0.2, -0.15) is 5.10 Å². The summed E-state index contributed by atoms with van der Waals surface area (Å²) in [5.74, 6) is -0.00217. The van der Waals surface area contributed by atoms with Crippen molar-refractivity contribution in [1.82, 2.24) is 44.9 Å². The molecule has 5 amide bonds. The predicted molar refractivity (Wildman–Crippen MR) is 285 cm³/mol. The number of carbonyl (C=O) groups is 5. The van der Waals surface area contributed by atoms with Crippen molar-refractivity contribution in [3.05, 3.63) is 111 Å². The fourth-order valence-corrected chi connectivity index (χ4v) is 13.5. The van der Waals surface area contributed by atoms with Crippen LogP contribution in [0.3, 0.4) is 0 Å². The zero-order valence-corrected chi connectivity index (χ0v) is 43.9. The Morgan fingerprint density at radius 2 is 1.45 bits per heavy atom. The van der Waals surface area contributed by atoms with E-state index in [0.29, 0.717) is 92.3 Å². The van der Waals surface area contributed by atoms with Crippen molar-refractivity contribution in [2.45, 2.75) is 89.0 Å². The molecule has 0 bridgehead atoms. The number of carbonyl (C=O) groups excluding carboxylic acids is 5. The number of ether oxygens (including phenoxy) is 1. The second kappa shape index (κ2) is 22.9. The summed E-state index contributed by atoms with van der Waals surface area (Å²) in [5, 5.41) is 11.3. The van der Waals surface area contributed by atoms with E-state index in [1.807, 2.05) is 40.1 Å². The largest absolute Gasteiger partial charge is 0.380 e. The minimum absolute atomic E-state index is 0.0215. The van der Waals surface area contributed by atoms with E-state index in [2.05, 4.69) is 36.3 Å². The Balaban J connectivity index is 0.613. The van der Waals surface area contributed by atoms with Gasteiger partial charge in [-0.3, -0.25) is 38.6 Å². The summed E-state index contributed by atoms with van der Waals surface area (Å²) in [5.41, 5.74) is 2.91. The molecule has 76 heavy (non-hydrogen) atoms. The molecule has 2 N–H and O–H groups in total. The monoisotopic (exact) mass is 1040 g/mol. The highest BCUT2D eigenvalue weighted by molar-refractivity contribution is 5.98.